The number of aromatic hydroxyl groups is 2. The van der Waals surface area contributed by atoms with Gasteiger partial charge in [0, 0.05) is 18.1 Å². The van der Waals surface area contributed by atoms with Crippen molar-refractivity contribution in [2.45, 2.75) is 52.7 Å². The van der Waals surface area contributed by atoms with Crippen LogP contribution in [-0.4, -0.2) is 29.0 Å². The summed E-state index contributed by atoms with van der Waals surface area (Å²) < 4.78 is 17.4. The second kappa shape index (κ2) is 8.27. The Labute approximate surface area is 193 Å². The van der Waals surface area contributed by atoms with E-state index in [2.05, 4.69) is 0 Å². The average molecular weight is 451 g/mol. The SMILES string of the molecule is COc1cc2oc(-c3ccc(C)cc3O)c(CC3OC3(C)C)c(=O)c2c(O)c1/C=C/C(C)C. The Bertz CT molecular complexity index is 1310. The van der Waals surface area contributed by atoms with Gasteiger partial charge in [-0.3, -0.25) is 4.79 Å². The zero-order valence-corrected chi connectivity index (χ0v) is 19.9. The van der Waals surface area contributed by atoms with Crippen molar-refractivity contribution in [3.8, 4) is 28.6 Å². The average Bonchev–Trinajstić information content (AvgIpc) is 3.34. The second-order valence-corrected chi connectivity index (χ2v) is 9.49. The zero-order valence-electron chi connectivity index (χ0n) is 19.9. The van der Waals surface area contributed by atoms with Gasteiger partial charge in [0.15, 0.2) is 5.43 Å². The molecule has 2 N–H and O–H groups in total. The van der Waals surface area contributed by atoms with Crippen molar-refractivity contribution in [3.63, 3.8) is 0 Å². The van der Waals surface area contributed by atoms with E-state index < -0.39 is 0 Å². The molecule has 6 heteroatoms. The molecule has 1 aromatic heterocycles. The highest BCUT2D eigenvalue weighted by Gasteiger charge is 2.48. The van der Waals surface area contributed by atoms with Gasteiger partial charge >= 0.3 is 0 Å². The van der Waals surface area contributed by atoms with Gasteiger partial charge in [0.25, 0.3) is 0 Å². The van der Waals surface area contributed by atoms with Gasteiger partial charge in [-0.2, -0.15) is 0 Å². The number of methoxy groups -OCH3 is 1. The van der Waals surface area contributed by atoms with E-state index in [1.54, 1.807) is 24.3 Å². The molecular weight excluding hydrogens is 420 g/mol. The highest BCUT2D eigenvalue weighted by Crippen LogP contribution is 2.43. The van der Waals surface area contributed by atoms with E-state index >= 15 is 0 Å². The molecule has 1 saturated heterocycles. The number of benzene rings is 2. The summed E-state index contributed by atoms with van der Waals surface area (Å²) in [5.41, 5.74) is 1.56. The fourth-order valence-corrected chi connectivity index (χ4v) is 4.02. The van der Waals surface area contributed by atoms with Crippen LogP contribution in [-0.2, 0) is 11.2 Å². The van der Waals surface area contributed by atoms with Gasteiger partial charge in [0.1, 0.15) is 34.0 Å². The molecule has 1 fully saturated rings. The molecule has 1 aliphatic rings. The largest absolute Gasteiger partial charge is 0.507 e. The van der Waals surface area contributed by atoms with Gasteiger partial charge in [0.05, 0.1) is 29.9 Å². The number of phenols is 2. The molecule has 174 valence electrons. The van der Waals surface area contributed by atoms with Crippen LogP contribution < -0.4 is 10.2 Å². The summed E-state index contributed by atoms with van der Waals surface area (Å²) in [6, 6.07) is 6.80. The Morgan fingerprint density at radius 2 is 1.91 bits per heavy atom. The minimum atomic E-state index is -0.350. The van der Waals surface area contributed by atoms with E-state index in [0.717, 1.165) is 5.56 Å². The predicted molar refractivity (Wildman–Crippen MR) is 129 cm³/mol. The molecule has 0 aliphatic carbocycles. The highest BCUT2D eigenvalue weighted by atomic mass is 16.6. The van der Waals surface area contributed by atoms with E-state index in [-0.39, 0.29) is 51.3 Å². The van der Waals surface area contributed by atoms with E-state index in [9.17, 15) is 15.0 Å². The zero-order chi connectivity index (χ0) is 24.1. The molecule has 33 heavy (non-hydrogen) atoms. The molecule has 0 spiro atoms. The third-order valence-electron chi connectivity index (χ3n) is 6.07. The number of phenolic OH excluding ortho intramolecular Hbond substituents is 2. The first-order valence-corrected chi connectivity index (χ1v) is 11.1. The van der Waals surface area contributed by atoms with Crippen molar-refractivity contribution in [3.05, 3.63) is 57.3 Å². The molecule has 2 aromatic carbocycles. The van der Waals surface area contributed by atoms with Crippen LogP contribution in [0.15, 0.2) is 39.6 Å². The van der Waals surface area contributed by atoms with Crippen LogP contribution in [0.4, 0.5) is 0 Å². The minimum Gasteiger partial charge on any atom is -0.507 e. The Hall–Kier alpha value is -3.25. The Kier molecular flexibility index (Phi) is 5.74. The van der Waals surface area contributed by atoms with Crippen molar-refractivity contribution in [1.82, 2.24) is 0 Å². The predicted octanol–water partition coefficient (Wildman–Crippen LogP) is 5.58. The van der Waals surface area contributed by atoms with Crippen LogP contribution in [0, 0.1) is 12.8 Å². The Morgan fingerprint density at radius 3 is 2.48 bits per heavy atom. The molecule has 1 atom stereocenters. The van der Waals surface area contributed by atoms with E-state index in [1.807, 2.05) is 46.8 Å². The first-order valence-electron chi connectivity index (χ1n) is 11.1. The maximum absolute atomic E-state index is 13.8. The Morgan fingerprint density at radius 1 is 1.21 bits per heavy atom. The topological polar surface area (TPSA) is 92.4 Å². The minimum absolute atomic E-state index is 0.0161. The number of epoxide rings is 1. The van der Waals surface area contributed by atoms with E-state index in [0.29, 0.717) is 28.9 Å². The van der Waals surface area contributed by atoms with Crippen molar-refractivity contribution in [2.75, 3.05) is 7.11 Å². The lowest BCUT2D eigenvalue weighted by molar-refractivity contribution is 0.323. The Balaban J connectivity index is 2.02. The number of hydrogen-bond donors (Lipinski definition) is 2. The van der Waals surface area contributed by atoms with Gasteiger partial charge in [-0.15, -0.1) is 0 Å². The third-order valence-corrected chi connectivity index (χ3v) is 6.07. The van der Waals surface area contributed by atoms with Crippen LogP contribution in [0.5, 0.6) is 17.2 Å². The van der Waals surface area contributed by atoms with Gasteiger partial charge in [0.2, 0.25) is 0 Å². The van der Waals surface area contributed by atoms with E-state index in [4.69, 9.17) is 13.9 Å². The fourth-order valence-electron chi connectivity index (χ4n) is 4.02. The van der Waals surface area contributed by atoms with Crippen molar-refractivity contribution < 1.29 is 24.1 Å². The molecule has 1 unspecified atom stereocenters. The van der Waals surface area contributed by atoms with Crippen LogP contribution >= 0.6 is 0 Å². The van der Waals surface area contributed by atoms with Gasteiger partial charge in [-0.25, -0.2) is 0 Å². The summed E-state index contributed by atoms with van der Waals surface area (Å²) in [5.74, 6) is 0.731. The number of allylic oxidation sites excluding steroid dienone is 1. The number of ether oxygens (including phenoxy) is 2. The molecule has 1 aliphatic heterocycles. The smallest absolute Gasteiger partial charge is 0.200 e. The summed E-state index contributed by atoms with van der Waals surface area (Å²) in [6.07, 6.45) is 3.82. The lowest BCUT2D eigenvalue weighted by Gasteiger charge is -2.15. The van der Waals surface area contributed by atoms with Crippen LogP contribution in [0.1, 0.15) is 44.4 Å². The monoisotopic (exact) mass is 450 g/mol. The summed E-state index contributed by atoms with van der Waals surface area (Å²) in [4.78, 5) is 13.8. The number of hydrogen-bond acceptors (Lipinski definition) is 6. The molecule has 4 rings (SSSR count). The first-order chi connectivity index (χ1) is 15.5. The molecular formula is C27H30O6. The number of rotatable bonds is 6. The van der Waals surface area contributed by atoms with E-state index in [1.165, 1.54) is 7.11 Å². The summed E-state index contributed by atoms with van der Waals surface area (Å²) in [6.45, 7) is 9.83. The lowest BCUT2D eigenvalue weighted by atomic mass is 9.95. The lowest BCUT2D eigenvalue weighted by Crippen LogP contribution is -2.16. The number of fused-ring (bicyclic) bond motifs is 1. The van der Waals surface area contributed by atoms with Crippen LogP contribution in [0.2, 0.25) is 0 Å². The summed E-state index contributed by atoms with van der Waals surface area (Å²) >= 11 is 0. The van der Waals surface area contributed by atoms with Gasteiger partial charge in [-0.1, -0.05) is 32.1 Å². The van der Waals surface area contributed by atoms with Gasteiger partial charge < -0.3 is 24.1 Å². The van der Waals surface area contributed by atoms with Gasteiger partial charge in [-0.05, 0) is 44.4 Å². The molecule has 6 nitrogen and oxygen atoms in total. The maximum Gasteiger partial charge on any atom is 0.200 e. The number of aryl methyl sites for hydroxylation is 1. The molecule has 0 saturated carbocycles. The second-order valence-electron chi connectivity index (χ2n) is 9.49. The molecule has 0 radical (unpaired) electrons. The van der Waals surface area contributed by atoms with Crippen LogP contribution in [0.25, 0.3) is 28.4 Å². The summed E-state index contributed by atoms with van der Waals surface area (Å²) in [7, 11) is 1.50. The molecule has 0 amide bonds. The van der Waals surface area contributed by atoms with Crippen molar-refractivity contribution >= 4 is 17.0 Å². The fraction of sp³-hybridized carbons (Fsp3) is 0.370. The quantitative estimate of drug-likeness (QED) is 0.477. The normalized spacial score (nSPS) is 17.2. The maximum atomic E-state index is 13.8. The first kappa shape index (κ1) is 22.9. The van der Waals surface area contributed by atoms with Crippen molar-refractivity contribution in [2.24, 2.45) is 5.92 Å². The summed E-state index contributed by atoms with van der Waals surface area (Å²) in [5, 5.41) is 21.8. The third kappa shape index (κ3) is 4.23. The molecule has 0 bridgehead atoms. The standard InChI is InChI=1S/C27H30O6/c1-14(2)7-9-17-20(31-6)13-21-23(24(17)29)25(30)18(12-22-27(4,5)33-22)26(32-21)16-10-8-15(3)11-19(16)28/h7-11,13-14,22,28-29H,12H2,1-6H3/b9-7+. The highest BCUT2D eigenvalue weighted by molar-refractivity contribution is 5.92. The van der Waals surface area contributed by atoms with Crippen molar-refractivity contribution in [1.29, 1.82) is 0 Å². The molecule has 3 aromatic rings. The molecule has 2 heterocycles. The van der Waals surface area contributed by atoms with Crippen LogP contribution in [0.3, 0.4) is 0 Å².